The van der Waals surface area contributed by atoms with Gasteiger partial charge in [-0.3, -0.25) is 5.84 Å². The summed E-state index contributed by atoms with van der Waals surface area (Å²) in [6, 6.07) is 22.8. The Balaban J connectivity index is 1.61. The van der Waals surface area contributed by atoms with E-state index in [2.05, 4.69) is 26.7 Å². The molecule has 174 valence electrons. The predicted molar refractivity (Wildman–Crippen MR) is 144 cm³/mol. The van der Waals surface area contributed by atoms with Crippen LogP contribution in [0.2, 0.25) is 5.02 Å². The smallest absolute Gasteiger partial charge is 0.123 e. The summed E-state index contributed by atoms with van der Waals surface area (Å²) in [5.74, 6) is 4.94. The largest absolute Gasteiger partial charge is 0.354 e. The molecule has 0 aliphatic rings. The number of H-pyrrole nitrogens is 1. The molecule has 0 aliphatic heterocycles. The third-order valence-corrected chi connectivity index (χ3v) is 7.24. The quantitative estimate of drug-likeness (QED) is 0.0803. The molecule has 35 heavy (non-hydrogen) atoms. The van der Waals surface area contributed by atoms with Crippen LogP contribution in [0.5, 0.6) is 0 Å². The van der Waals surface area contributed by atoms with Crippen molar-refractivity contribution in [3.8, 4) is 39.6 Å². The molecule has 0 saturated heterocycles. The molecule has 0 spiro atoms. The second-order valence-electron chi connectivity index (χ2n) is 7.78. The number of hydrazine groups is 1. The standard InChI is InChI=1S/C26H19ClFN5S2/c27-22-10-15(14-31-35-33-30)4-6-19(22)16-2-1-3-17(11-16)26-25(20-8-9-34-24(20)13-29)21-12-18(28)5-7-23(21)32-26/h1-12,31-33H,14,30H2. The van der Waals surface area contributed by atoms with E-state index in [0.29, 0.717) is 16.4 Å². The average Bonchev–Trinajstić information content (AvgIpc) is 3.48. The summed E-state index contributed by atoms with van der Waals surface area (Å²) in [5, 5.41) is 12.9. The molecule has 0 saturated carbocycles. The Labute approximate surface area is 215 Å². The van der Waals surface area contributed by atoms with Gasteiger partial charge in [-0.25, -0.2) is 9.11 Å². The van der Waals surface area contributed by atoms with E-state index in [-0.39, 0.29) is 5.82 Å². The van der Waals surface area contributed by atoms with E-state index in [1.54, 1.807) is 6.07 Å². The highest BCUT2D eigenvalue weighted by Crippen LogP contribution is 2.42. The van der Waals surface area contributed by atoms with Gasteiger partial charge in [-0.1, -0.05) is 41.9 Å². The number of halogens is 2. The summed E-state index contributed by atoms with van der Waals surface area (Å²) in [4.78, 5) is 6.51. The number of nitrogens with zero attached hydrogens (tertiary/aromatic N) is 1. The van der Waals surface area contributed by atoms with Gasteiger partial charge >= 0.3 is 0 Å². The van der Waals surface area contributed by atoms with Crippen LogP contribution in [-0.2, 0) is 6.54 Å². The zero-order valence-corrected chi connectivity index (χ0v) is 20.6. The lowest BCUT2D eigenvalue weighted by atomic mass is 9.96. The summed E-state index contributed by atoms with van der Waals surface area (Å²) < 4.78 is 17.3. The number of rotatable bonds is 7. The second kappa shape index (κ2) is 10.2. The molecule has 0 radical (unpaired) electrons. The van der Waals surface area contributed by atoms with Crippen molar-refractivity contribution in [1.29, 1.82) is 5.26 Å². The molecule has 5 nitrogen and oxygen atoms in total. The first kappa shape index (κ1) is 23.6. The van der Waals surface area contributed by atoms with Gasteiger partial charge in [0.1, 0.15) is 16.8 Å². The van der Waals surface area contributed by atoms with Gasteiger partial charge in [0.05, 0.1) is 5.69 Å². The number of nitriles is 1. The summed E-state index contributed by atoms with van der Waals surface area (Å²) in [6.07, 6.45) is 0. The first-order valence-corrected chi connectivity index (χ1v) is 12.7. The van der Waals surface area contributed by atoms with E-state index in [1.165, 1.54) is 35.6 Å². The number of thiophene rings is 1. The van der Waals surface area contributed by atoms with Gasteiger partial charge in [0, 0.05) is 51.3 Å². The molecule has 9 heteroatoms. The highest BCUT2D eigenvalue weighted by molar-refractivity contribution is 7.95. The topological polar surface area (TPSA) is 89.7 Å². The maximum absolute atomic E-state index is 14.2. The Morgan fingerprint density at radius 3 is 2.71 bits per heavy atom. The van der Waals surface area contributed by atoms with Gasteiger partial charge in [-0.05, 0) is 58.5 Å². The molecular formula is C26H19ClFN5S2. The first-order chi connectivity index (χ1) is 17.1. The van der Waals surface area contributed by atoms with Crippen LogP contribution in [0.4, 0.5) is 4.39 Å². The molecule has 0 unspecified atom stereocenters. The highest BCUT2D eigenvalue weighted by Gasteiger charge is 2.19. The molecule has 2 heterocycles. The second-order valence-corrected chi connectivity index (χ2v) is 9.83. The van der Waals surface area contributed by atoms with E-state index in [4.69, 9.17) is 17.4 Å². The van der Waals surface area contributed by atoms with Crippen molar-refractivity contribution in [2.75, 3.05) is 0 Å². The van der Waals surface area contributed by atoms with Gasteiger partial charge < -0.3 is 4.98 Å². The van der Waals surface area contributed by atoms with E-state index >= 15 is 0 Å². The Bertz CT molecular complexity index is 1570. The summed E-state index contributed by atoms with van der Waals surface area (Å²) in [7, 11) is 0. The lowest BCUT2D eigenvalue weighted by molar-refractivity contribution is 0.630. The van der Waals surface area contributed by atoms with Crippen LogP contribution in [0.15, 0.2) is 72.1 Å². The third-order valence-electron chi connectivity index (χ3n) is 5.70. The van der Waals surface area contributed by atoms with Crippen molar-refractivity contribution in [3.05, 3.63) is 93.4 Å². The molecule has 0 aliphatic carbocycles. The summed E-state index contributed by atoms with van der Waals surface area (Å²) in [6.45, 7) is 0.603. The maximum atomic E-state index is 14.2. The molecule has 0 atom stereocenters. The lowest BCUT2D eigenvalue weighted by Crippen LogP contribution is -2.19. The number of aromatic amines is 1. The van der Waals surface area contributed by atoms with E-state index in [9.17, 15) is 9.65 Å². The fourth-order valence-corrected chi connectivity index (χ4v) is 5.48. The van der Waals surface area contributed by atoms with Gasteiger partial charge in [-0.15, -0.1) is 11.3 Å². The number of fused-ring (bicyclic) bond motifs is 1. The van der Waals surface area contributed by atoms with E-state index in [0.717, 1.165) is 50.0 Å². The predicted octanol–water partition coefficient (Wildman–Crippen LogP) is 7.01. The molecule has 5 N–H and O–H groups in total. The van der Waals surface area contributed by atoms with E-state index < -0.39 is 0 Å². The summed E-state index contributed by atoms with van der Waals surface area (Å²) in [5.41, 5.74) is 7.02. The van der Waals surface area contributed by atoms with Crippen LogP contribution in [-0.4, -0.2) is 4.98 Å². The van der Waals surface area contributed by atoms with E-state index in [1.807, 2.05) is 47.8 Å². The van der Waals surface area contributed by atoms with Crippen molar-refractivity contribution in [2.24, 2.45) is 5.84 Å². The molecular weight excluding hydrogens is 501 g/mol. The third kappa shape index (κ3) is 4.70. The minimum absolute atomic E-state index is 0.325. The fraction of sp³-hybridized carbons (Fsp3) is 0.0385. The van der Waals surface area contributed by atoms with Crippen LogP contribution in [0.25, 0.3) is 44.4 Å². The molecule has 5 aromatic rings. The number of nitrogens with two attached hydrogens (primary N) is 1. The molecule has 0 amide bonds. The SMILES string of the molecule is N#Cc1sccc1-c1c(-c2cccc(-c3ccc(CNSNN)cc3Cl)c2)[nH]c2ccc(F)cc12. The number of aromatic nitrogens is 1. The number of nitrogens with one attached hydrogen (secondary N) is 3. The molecule has 0 fully saturated rings. The Hall–Kier alpha value is -3.16. The van der Waals surface area contributed by atoms with Crippen LogP contribution >= 0.6 is 35.1 Å². The number of hydrogen-bond donors (Lipinski definition) is 4. The van der Waals surface area contributed by atoms with Crippen molar-refractivity contribution in [2.45, 2.75) is 6.54 Å². The monoisotopic (exact) mass is 519 g/mol. The minimum Gasteiger partial charge on any atom is -0.354 e. The minimum atomic E-state index is -0.325. The van der Waals surface area contributed by atoms with Crippen molar-refractivity contribution in [3.63, 3.8) is 0 Å². The zero-order chi connectivity index (χ0) is 24.4. The molecule has 3 aromatic carbocycles. The van der Waals surface area contributed by atoms with Crippen LogP contribution < -0.4 is 15.4 Å². The average molecular weight is 520 g/mol. The fourth-order valence-electron chi connectivity index (χ4n) is 4.16. The van der Waals surface area contributed by atoms with Gasteiger partial charge in [-0.2, -0.15) is 10.1 Å². The molecule has 0 bridgehead atoms. The van der Waals surface area contributed by atoms with Crippen molar-refractivity contribution < 1.29 is 4.39 Å². The van der Waals surface area contributed by atoms with Gasteiger partial charge in [0.25, 0.3) is 0 Å². The highest BCUT2D eigenvalue weighted by atomic mass is 35.5. The normalized spacial score (nSPS) is 11.1. The first-order valence-electron chi connectivity index (χ1n) is 10.6. The molecule has 2 aromatic heterocycles. The van der Waals surface area contributed by atoms with Crippen LogP contribution in [0.1, 0.15) is 10.4 Å². The lowest BCUT2D eigenvalue weighted by Gasteiger charge is -2.11. The summed E-state index contributed by atoms with van der Waals surface area (Å²) >= 11 is 9.22. The molecule has 5 rings (SSSR count). The van der Waals surface area contributed by atoms with Crippen LogP contribution in [0.3, 0.4) is 0 Å². The number of benzene rings is 3. The maximum Gasteiger partial charge on any atom is 0.123 e. The zero-order valence-electron chi connectivity index (χ0n) is 18.2. The van der Waals surface area contributed by atoms with Gasteiger partial charge in [0.15, 0.2) is 0 Å². The van der Waals surface area contributed by atoms with Gasteiger partial charge in [0.2, 0.25) is 0 Å². The van der Waals surface area contributed by atoms with Crippen LogP contribution in [0, 0.1) is 17.1 Å². The number of hydrogen-bond acceptors (Lipinski definition) is 6. The van der Waals surface area contributed by atoms with Crippen molar-refractivity contribution in [1.82, 2.24) is 14.5 Å². The Kier molecular flexibility index (Phi) is 6.88. The Morgan fingerprint density at radius 1 is 1.06 bits per heavy atom. The Morgan fingerprint density at radius 2 is 1.91 bits per heavy atom. The van der Waals surface area contributed by atoms with Crippen molar-refractivity contribution >= 4 is 46.0 Å².